The maximum absolute atomic E-state index is 12.3. The third-order valence-corrected chi connectivity index (χ3v) is 4.10. The molecule has 0 bridgehead atoms. The standard InChI is InChI=1S/C20H14N4O2/c21-12-18-16(13-23-10-2-1-4-19(18)23)14-26-20(25)15-5-7-17(8-6-15)24-11-3-9-22-24/h1-11,13H,14H2. The van der Waals surface area contributed by atoms with Gasteiger partial charge in [-0.25, -0.2) is 9.48 Å². The molecule has 3 aromatic heterocycles. The number of ether oxygens (including phenoxy) is 1. The molecule has 126 valence electrons. The van der Waals surface area contributed by atoms with Gasteiger partial charge in [0.2, 0.25) is 0 Å². The maximum atomic E-state index is 12.3. The first-order valence-corrected chi connectivity index (χ1v) is 8.02. The molecule has 6 heteroatoms. The highest BCUT2D eigenvalue weighted by Gasteiger charge is 2.13. The number of nitrogens with zero attached hydrogens (tertiary/aromatic N) is 4. The molecule has 0 spiro atoms. The summed E-state index contributed by atoms with van der Waals surface area (Å²) in [4.78, 5) is 12.3. The molecule has 0 amide bonds. The molecule has 4 aromatic rings. The zero-order valence-corrected chi connectivity index (χ0v) is 13.7. The van der Waals surface area contributed by atoms with E-state index in [2.05, 4.69) is 11.2 Å². The molecular weight excluding hydrogens is 328 g/mol. The van der Waals surface area contributed by atoms with E-state index in [4.69, 9.17) is 4.74 Å². The fourth-order valence-corrected chi connectivity index (χ4v) is 2.81. The minimum absolute atomic E-state index is 0.0459. The van der Waals surface area contributed by atoms with E-state index in [1.165, 1.54) is 0 Å². The topological polar surface area (TPSA) is 72.3 Å². The summed E-state index contributed by atoms with van der Waals surface area (Å²) in [6.45, 7) is 0.0459. The number of hydrogen-bond donors (Lipinski definition) is 0. The Morgan fingerprint density at radius 3 is 2.69 bits per heavy atom. The monoisotopic (exact) mass is 342 g/mol. The normalized spacial score (nSPS) is 10.6. The second-order valence-corrected chi connectivity index (χ2v) is 5.71. The summed E-state index contributed by atoms with van der Waals surface area (Å²) in [5.74, 6) is -0.434. The Balaban J connectivity index is 1.50. The number of pyridine rings is 1. The molecule has 0 aliphatic carbocycles. The number of benzene rings is 1. The van der Waals surface area contributed by atoms with E-state index in [1.807, 2.05) is 47.3 Å². The number of rotatable bonds is 4. The van der Waals surface area contributed by atoms with Gasteiger partial charge in [0.1, 0.15) is 12.7 Å². The molecule has 26 heavy (non-hydrogen) atoms. The summed E-state index contributed by atoms with van der Waals surface area (Å²) in [5, 5.41) is 13.5. The van der Waals surface area contributed by atoms with Gasteiger partial charge in [-0.3, -0.25) is 0 Å². The van der Waals surface area contributed by atoms with Crippen LogP contribution < -0.4 is 0 Å². The van der Waals surface area contributed by atoms with Crippen LogP contribution in [0.2, 0.25) is 0 Å². The van der Waals surface area contributed by atoms with Gasteiger partial charge >= 0.3 is 5.97 Å². The first kappa shape index (κ1) is 15.7. The Kier molecular flexibility index (Phi) is 3.96. The van der Waals surface area contributed by atoms with Gasteiger partial charge in [0.05, 0.1) is 22.3 Å². The van der Waals surface area contributed by atoms with Crippen LogP contribution in [-0.2, 0) is 11.3 Å². The average Bonchev–Trinajstić information content (AvgIpc) is 3.33. The summed E-state index contributed by atoms with van der Waals surface area (Å²) in [6, 6.07) is 16.6. The lowest BCUT2D eigenvalue weighted by Crippen LogP contribution is -2.06. The maximum Gasteiger partial charge on any atom is 0.338 e. The van der Waals surface area contributed by atoms with Crippen LogP contribution in [0.15, 0.2) is 73.3 Å². The van der Waals surface area contributed by atoms with Crippen LogP contribution in [0.25, 0.3) is 11.2 Å². The molecule has 1 aromatic carbocycles. The SMILES string of the molecule is N#Cc1c(COC(=O)c2ccc(-n3cccn3)cc2)cn2ccccc12. The van der Waals surface area contributed by atoms with Gasteiger partial charge in [-0.1, -0.05) is 6.07 Å². The van der Waals surface area contributed by atoms with Crippen LogP contribution in [0.1, 0.15) is 21.5 Å². The Hall–Kier alpha value is -3.85. The van der Waals surface area contributed by atoms with Gasteiger partial charge < -0.3 is 9.14 Å². The van der Waals surface area contributed by atoms with Crippen molar-refractivity contribution >= 4 is 11.5 Å². The lowest BCUT2D eigenvalue weighted by molar-refractivity contribution is 0.0472. The third-order valence-electron chi connectivity index (χ3n) is 4.10. The number of carbonyl (C=O) groups excluding carboxylic acids is 1. The number of aromatic nitrogens is 3. The molecule has 0 fully saturated rings. The highest BCUT2D eigenvalue weighted by molar-refractivity contribution is 5.89. The van der Waals surface area contributed by atoms with Gasteiger partial charge in [0.25, 0.3) is 0 Å². The molecule has 0 aliphatic heterocycles. The Labute approximate surface area is 149 Å². The number of nitriles is 1. The molecule has 0 radical (unpaired) electrons. The molecule has 0 aliphatic rings. The number of esters is 1. The predicted octanol–water partition coefficient (Wildman–Crippen LogP) is 3.35. The lowest BCUT2D eigenvalue weighted by atomic mass is 10.2. The van der Waals surface area contributed by atoms with Gasteiger partial charge in [0.15, 0.2) is 0 Å². The minimum Gasteiger partial charge on any atom is -0.457 e. The van der Waals surface area contributed by atoms with E-state index in [0.717, 1.165) is 11.2 Å². The smallest absolute Gasteiger partial charge is 0.338 e. The highest BCUT2D eigenvalue weighted by atomic mass is 16.5. The zero-order chi connectivity index (χ0) is 17.9. The van der Waals surface area contributed by atoms with Crippen molar-refractivity contribution in [2.24, 2.45) is 0 Å². The molecule has 4 rings (SSSR count). The third kappa shape index (κ3) is 2.82. The second kappa shape index (κ2) is 6.57. The summed E-state index contributed by atoms with van der Waals surface area (Å²) in [6.07, 6.45) is 7.18. The van der Waals surface area contributed by atoms with Crippen molar-refractivity contribution in [1.29, 1.82) is 5.26 Å². The molecule has 0 saturated carbocycles. The van der Waals surface area contributed by atoms with Crippen molar-refractivity contribution in [2.45, 2.75) is 6.61 Å². The molecule has 0 N–H and O–H groups in total. The van der Waals surface area contributed by atoms with E-state index in [0.29, 0.717) is 16.7 Å². The highest BCUT2D eigenvalue weighted by Crippen LogP contribution is 2.19. The van der Waals surface area contributed by atoms with Crippen molar-refractivity contribution in [3.63, 3.8) is 0 Å². The first-order chi connectivity index (χ1) is 12.8. The summed E-state index contributed by atoms with van der Waals surface area (Å²) in [5.41, 5.74) is 3.30. The van der Waals surface area contributed by atoms with Crippen LogP contribution >= 0.6 is 0 Å². The van der Waals surface area contributed by atoms with Crippen LogP contribution in [0.4, 0.5) is 0 Å². The van der Waals surface area contributed by atoms with E-state index in [-0.39, 0.29) is 6.61 Å². The first-order valence-electron chi connectivity index (χ1n) is 8.02. The average molecular weight is 342 g/mol. The van der Waals surface area contributed by atoms with Crippen LogP contribution in [0.3, 0.4) is 0 Å². The van der Waals surface area contributed by atoms with Crippen molar-refractivity contribution in [1.82, 2.24) is 14.2 Å². The van der Waals surface area contributed by atoms with Crippen LogP contribution in [0, 0.1) is 11.3 Å². The van der Waals surface area contributed by atoms with Crippen molar-refractivity contribution in [3.8, 4) is 11.8 Å². The van der Waals surface area contributed by atoms with Gasteiger partial charge in [-0.2, -0.15) is 10.4 Å². The van der Waals surface area contributed by atoms with Crippen molar-refractivity contribution in [2.75, 3.05) is 0 Å². The van der Waals surface area contributed by atoms with Gasteiger partial charge in [0, 0.05) is 30.4 Å². The molecule has 3 heterocycles. The fourth-order valence-electron chi connectivity index (χ4n) is 2.81. The van der Waals surface area contributed by atoms with Crippen molar-refractivity contribution in [3.05, 3.63) is 90.0 Å². The molecule has 0 atom stereocenters. The van der Waals surface area contributed by atoms with Gasteiger partial charge in [-0.05, 0) is 42.5 Å². The molecule has 0 saturated heterocycles. The summed E-state index contributed by atoms with van der Waals surface area (Å²) < 4.78 is 8.95. The summed E-state index contributed by atoms with van der Waals surface area (Å²) >= 11 is 0. The van der Waals surface area contributed by atoms with Crippen molar-refractivity contribution < 1.29 is 9.53 Å². The van der Waals surface area contributed by atoms with Crippen LogP contribution in [-0.4, -0.2) is 20.2 Å². The fraction of sp³-hybridized carbons (Fsp3) is 0.0500. The van der Waals surface area contributed by atoms with E-state index < -0.39 is 5.97 Å². The number of carbonyl (C=O) groups is 1. The Morgan fingerprint density at radius 1 is 1.12 bits per heavy atom. The summed E-state index contributed by atoms with van der Waals surface area (Å²) in [7, 11) is 0. The van der Waals surface area contributed by atoms with Crippen LogP contribution in [0.5, 0.6) is 0 Å². The van der Waals surface area contributed by atoms with Gasteiger partial charge in [-0.15, -0.1) is 0 Å². The van der Waals surface area contributed by atoms with E-state index in [9.17, 15) is 10.1 Å². The second-order valence-electron chi connectivity index (χ2n) is 5.71. The Bertz CT molecular complexity index is 1100. The zero-order valence-electron chi connectivity index (χ0n) is 13.7. The predicted molar refractivity (Wildman–Crippen MR) is 94.8 cm³/mol. The van der Waals surface area contributed by atoms with E-state index >= 15 is 0 Å². The quantitative estimate of drug-likeness (QED) is 0.533. The van der Waals surface area contributed by atoms with E-state index in [1.54, 1.807) is 35.1 Å². The largest absolute Gasteiger partial charge is 0.457 e. The minimum atomic E-state index is -0.434. The number of fused-ring (bicyclic) bond motifs is 1. The molecule has 0 unspecified atom stereocenters. The Morgan fingerprint density at radius 2 is 1.96 bits per heavy atom. The molecule has 6 nitrogen and oxygen atoms in total. The number of hydrogen-bond acceptors (Lipinski definition) is 4. The molecular formula is C20H14N4O2. The lowest BCUT2D eigenvalue weighted by Gasteiger charge is -2.05.